The van der Waals surface area contributed by atoms with Gasteiger partial charge in [0, 0.05) is 32.1 Å². The fraction of sp³-hybridized carbons (Fsp3) is 0.857. The van der Waals surface area contributed by atoms with E-state index in [1.54, 1.807) is 0 Å². The summed E-state index contributed by atoms with van der Waals surface area (Å²) in [4.78, 5) is 27.0. The molecule has 0 atom stereocenters. The molecule has 0 aromatic rings. The maximum atomic E-state index is 12.4. The monoisotopic (exact) mass is 268 g/mol. The van der Waals surface area contributed by atoms with Gasteiger partial charge in [0.2, 0.25) is 5.91 Å². The van der Waals surface area contributed by atoms with Crippen LogP contribution in [-0.2, 0) is 9.59 Å². The molecule has 1 aliphatic heterocycles. The predicted octanol–water partition coefficient (Wildman–Crippen LogP) is 1.19. The number of hydrogen-bond acceptors (Lipinski definition) is 3. The van der Waals surface area contributed by atoms with E-state index in [0.29, 0.717) is 19.0 Å². The van der Waals surface area contributed by atoms with Crippen molar-refractivity contribution in [1.82, 2.24) is 9.80 Å². The molecule has 2 fully saturated rings. The van der Waals surface area contributed by atoms with Gasteiger partial charge in [-0.3, -0.25) is 14.5 Å². The average molecular weight is 268 g/mol. The minimum Gasteiger partial charge on any atom is -0.480 e. The molecule has 0 radical (unpaired) electrons. The molecule has 0 aromatic heterocycles. The zero-order chi connectivity index (χ0) is 13.7. The van der Waals surface area contributed by atoms with Gasteiger partial charge in [0.15, 0.2) is 0 Å². The van der Waals surface area contributed by atoms with E-state index in [0.717, 1.165) is 32.4 Å². The summed E-state index contributed by atoms with van der Waals surface area (Å²) in [6.07, 6.45) is 6.56. The molecular formula is C14H24N2O3. The molecular weight excluding hydrogens is 244 g/mol. The van der Waals surface area contributed by atoms with Gasteiger partial charge >= 0.3 is 5.97 Å². The van der Waals surface area contributed by atoms with Crippen molar-refractivity contribution in [3.63, 3.8) is 0 Å². The second-order valence-electron chi connectivity index (χ2n) is 5.68. The van der Waals surface area contributed by atoms with Gasteiger partial charge < -0.3 is 10.0 Å². The van der Waals surface area contributed by atoms with Crippen molar-refractivity contribution in [2.45, 2.75) is 38.5 Å². The second-order valence-corrected chi connectivity index (χ2v) is 5.68. The van der Waals surface area contributed by atoms with E-state index in [-0.39, 0.29) is 12.5 Å². The van der Waals surface area contributed by atoms with Crippen LogP contribution in [0.25, 0.3) is 0 Å². The molecule has 0 unspecified atom stereocenters. The molecule has 0 bridgehead atoms. The van der Waals surface area contributed by atoms with E-state index in [9.17, 15) is 9.59 Å². The van der Waals surface area contributed by atoms with Crippen LogP contribution in [0.5, 0.6) is 0 Å². The topological polar surface area (TPSA) is 60.9 Å². The zero-order valence-electron chi connectivity index (χ0n) is 11.5. The number of nitrogens with zero attached hydrogens (tertiary/aromatic N) is 2. The lowest BCUT2D eigenvalue weighted by Gasteiger charge is -2.28. The molecule has 108 valence electrons. The van der Waals surface area contributed by atoms with Gasteiger partial charge in [-0.2, -0.15) is 0 Å². The molecule has 1 saturated carbocycles. The SMILES string of the molecule is O=C(O)CN1CCCN(C(=O)C2CCCCC2)CC1. The van der Waals surface area contributed by atoms with Crippen molar-refractivity contribution in [1.29, 1.82) is 0 Å². The van der Waals surface area contributed by atoms with Crippen molar-refractivity contribution in [2.24, 2.45) is 5.92 Å². The van der Waals surface area contributed by atoms with Crippen LogP contribution in [0.1, 0.15) is 38.5 Å². The van der Waals surface area contributed by atoms with Crippen molar-refractivity contribution in [3.8, 4) is 0 Å². The number of carbonyl (C=O) groups is 2. The Balaban J connectivity index is 1.84. The summed E-state index contributed by atoms with van der Waals surface area (Å²) in [6, 6.07) is 0. The van der Waals surface area contributed by atoms with Crippen molar-refractivity contribution < 1.29 is 14.7 Å². The smallest absolute Gasteiger partial charge is 0.317 e. The van der Waals surface area contributed by atoms with E-state index in [1.807, 2.05) is 9.80 Å². The molecule has 5 nitrogen and oxygen atoms in total. The van der Waals surface area contributed by atoms with Crippen molar-refractivity contribution >= 4 is 11.9 Å². The van der Waals surface area contributed by atoms with Gasteiger partial charge in [-0.15, -0.1) is 0 Å². The molecule has 19 heavy (non-hydrogen) atoms. The average Bonchev–Trinajstić information content (AvgIpc) is 2.64. The Kier molecular flexibility index (Phi) is 5.19. The molecule has 0 spiro atoms. The number of hydrogen-bond donors (Lipinski definition) is 1. The predicted molar refractivity (Wildman–Crippen MR) is 71.8 cm³/mol. The summed E-state index contributed by atoms with van der Waals surface area (Å²) >= 11 is 0. The lowest BCUT2D eigenvalue weighted by atomic mass is 9.88. The fourth-order valence-electron chi connectivity index (χ4n) is 3.15. The highest BCUT2D eigenvalue weighted by Gasteiger charge is 2.27. The fourth-order valence-corrected chi connectivity index (χ4v) is 3.15. The van der Waals surface area contributed by atoms with Crippen LogP contribution in [-0.4, -0.2) is 59.5 Å². The molecule has 2 rings (SSSR count). The van der Waals surface area contributed by atoms with E-state index in [2.05, 4.69) is 0 Å². The van der Waals surface area contributed by atoms with Gasteiger partial charge in [-0.25, -0.2) is 0 Å². The van der Waals surface area contributed by atoms with Crippen LogP contribution in [0.4, 0.5) is 0 Å². The number of carboxylic acids is 1. The van der Waals surface area contributed by atoms with E-state index in [1.165, 1.54) is 19.3 Å². The third kappa shape index (κ3) is 4.20. The Bertz CT molecular complexity index is 327. The molecule has 1 aliphatic carbocycles. The number of carboxylic acid groups (broad SMARTS) is 1. The van der Waals surface area contributed by atoms with Gasteiger partial charge in [0.05, 0.1) is 6.54 Å². The molecule has 2 aliphatic rings. The highest BCUT2D eigenvalue weighted by Crippen LogP contribution is 2.25. The third-order valence-corrected chi connectivity index (χ3v) is 4.21. The first-order valence-electron chi connectivity index (χ1n) is 7.40. The highest BCUT2D eigenvalue weighted by atomic mass is 16.4. The van der Waals surface area contributed by atoms with Crippen LogP contribution >= 0.6 is 0 Å². The van der Waals surface area contributed by atoms with Crippen molar-refractivity contribution in [2.75, 3.05) is 32.7 Å². The lowest BCUT2D eigenvalue weighted by Crippen LogP contribution is -2.40. The van der Waals surface area contributed by atoms with Crippen LogP contribution in [0.15, 0.2) is 0 Å². The van der Waals surface area contributed by atoms with Gasteiger partial charge in [0.1, 0.15) is 0 Å². The van der Waals surface area contributed by atoms with E-state index < -0.39 is 5.97 Å². The van der Waals surface area contributed by atoms with Gasteiger partial charge in [-0.1, -0.05) is 19.3 Å². The van der Waals surface area contributed by atoms with Crippen LogP contribution in [0.2, 0.25) is 0 Å². The number of rotatable bonds is 3. The molecule has 1 heterocycles. The summed E-state index contributed by atoms with van der Waals surface area (Å²) in [7, 11) is 0. The maximum Gasteiger partial charge on any atom is 0.317 e. The highest BCUT2D eigenvalue weighted by molar-refractivity contribution is 5.79. The Morgan fingerprint density at radius 1 is 0.947 bits per heavy atom. The van der Waals surface area contributed by atoms with Gasteiger partial charge in [0.25, 0.3) is 0 Å². The first-order valence-corrected chi connectivity index (χ1v) is 7.40. The Labute approximate surface area is 114 Å². The summed E-state index contributed by atoms with van der Waals surface area (Å²) < 4.78 is 0. The van der Waals surface area contributed by atoms with Gasteiger partial charge in [-0.05, 0) is 19.3 Å². The van der Waals surface area contributed by atoms with Crippen LogP contribution in [0, 0.1) is 5.92 Å². The first kappa shape index (κ1) is 14.3. The second kappa shape index (κ2) is 6.89. The normalized spacial score (nSPS) is 23.1. The minimum atomic E-state index is -0.785. The summed E-state index contributed by atoms with van der Waals surface area (Å²) in [5, 5.41) is 8.81. The minimum absolute atomic E-state index is 0.0887. The Morgan fingerprint density at radius 3 is 2.37 bits per heavy atom. The Hall–Kier alpha value is -1.10. The number of amides is 1. The van der Waals surface area contributed by atoms with E-state index >= 15 is 0 Å². The zero-order valence-corrected chi connectivity index (χ0v) is 11.5. The van der Waals surface area contributed by atoms with Crippen LogP contribution in [0.3, 0.4) is 0 Å². The first-order chi connectivity index (χ1) is 9.16. The number of carbonyl (C=O) groups excluding carboxylic acids is 1. The lowest BCUT2D eigenvalue weighted by molar-refractivity contribution is -0.138. The van der Waals surface area contributed by atoms with Crippen LogP contribution < -0.4 is 0 Å². The van der Waals surface area contributed by atoms with E-state index in [4.69, 9.17) is 5.11 Å². The largest absolute Gasteiger partial charge is 0.480 e. The quantitative estimate of drug-likeness (QED) is 0.835. The molecule has 1 amide bonds. The summed E-state index contributed by atoms with van der Waals surface area (Å²) in [5.74, 6) is -0.260. The maximum absolute atomic E-state index is 12.4. The molecule has 1 saturated heterocycles. The van der Waals surface area contributed by atoms with Crippen molar-refractivity contribution in [3.05, 3.63) is 0 Å². The Morgan fingerprint density at radius 2 is 1.68 bits per heavy atom. The number of aliphatic carboxylic acids is 1. The molecule has 0 aromatic carbocycles. The molecule has 1 N–H and O–H groups in total. The third-order valence-electron chi connectivity index (χ3n) is 4.21. The summed E-state index contributed by atoms with van der Waals surface area (Å²) in [6.45, 7) is 3.02. The summed E-state index contributed by atoms with van der Waals surface area (Å²) in [5.41, 5.74) is 0. The molecule has 5 heteroatoms. The standard InChI is InChI=1S/C14H24N2O3/c17-13(18)11-15-7-4-8-16(10-9-15)14(19)12-5-2-1-3-6-12/h12H,1-11H2,(H,17,18).